The van der Waals surface area contributed by atoms with Gasteiger partial charge in [0.15, 0.2) is 5.75 Å². The average molecular weight is 533 g/mol. The van der Waals surface area contributed by atoms with Crippen LogP contribution in [-0.2, 0) is 37.5 Å². The van der Waals surface area contributed by atoms with Gasteiger partial charge in [-0.15, -0.1) is 22.9 Å². The summed E-state index contributed by atoms with van der Waals surface area (Å²) in [6, 6.07) is 8.81. The number of aliphatic hydroxyl groups is 1. The normalized spacial score (nSPS) is 11.9. The number of aromatic hydroxyl groups is 1. The Balaban J connectivity index is 0.000000945. The summed E-state index contributed by atoms with van der Waals surface area (Å²) in [7, 11) is -12.2. The van der Waals surface area contributed by atoms with Gasteiger partial charge in [-0.05, 0) is 53.8 Å². The summed E-state index contributed by atoms with van der Waals surface area (Å²) in [5, 5.41) is 27.9. The summed E-state index contributed by atoms with van der Waals surface area (Å²) in [4.78, 5) is -0.893. The third-order valence-electron chi connectivity index (χ3n) is 4.29. The van der Waals surface area contributed by atoms with Crippen LogP contribution in [0.2, 0.25) is 0 Å². The number of phenolic OH excluding ortho intramolecular Hbond substituents is 1. The maximum absolute atomic E-state index is 11.6. The van der Waals surface area contributed by atoms with Crippen LogP contribution in [0.1, 0.15) is 11.1 Å². The zero-order chi connectivity index (χ0) is 25.8. The summed E-state index contributed by atoms with van der Waals surface area (Å²) in [5.41, 5.74) is 0.325. The predicted octanol–water partition coefficient (Wildman–Crippen LogP) is 2.25. The van der Waals surface area contributed by atoms with Crippen LogP contribution < -0.4 is 0 Å². The number of hydrogen-bond donors (Lipinski definition) is 4. The molecule has 182 valence electrons. The molecular weight excluding hydrogens is 516 g/mol. The zero-order valence-corrected chi connectivity index (χ0v) is 19.5. The minimum atomic E-state index is -4.65. The van der Waals surface area contributed by atoms with E-state index >= 15 is 0 Å². The fourth-order valence-corrected chi connectivity index (χ4v) is 4.17. The topological polar surface area (TPSA) is 225 Å². The van der Waals surface area contributed by atoms with E-state index in [1.165, 1.54) is 43.3 Å². The van der Waals surface area contributed by atoms with Crippen molar-refractivity contribution in [1.29, 1.82) is 0 Å². The lowest BCUT2D eigenvalue weighted by Gasteiger charge is -2.09. The molecule has 0 bridgehead atoms. The third-order valence-corrected chi connectivity index (χ3v) is 6.00. The minimum Gasteiger partial charge on any atom is -0.505 e. The maximum Gasteiger partial charge on any atom is 0.425 e. The first-order valence-electron chi connectivity index (χ1n) is 8.78. The molecule has 0 amide bonds. The Morgan fingerprint density at radius 2 is 1.41 bits per heavy atom. The van der Waals surface area contributed by atoms with Crippen molar-refractivity contribution in [2.45, 2.75) is 23.3 Å². The van der Waals surface area contributed by atoms with E-state index in [4.69, 9.17) is 17.7 Å². The highest BCUT2D eigenvalue weighted by Crippen LogP contribution is 2.39. The fourth-order valence-electron chi connectivity index (χ4n) is 2.89. The lowest BCUT2D eigenvalue weighted by atomic mass is 10.0. The molecule has 3 aromatic carbocycles. The van der Waals surface area contributed by atoms with Crippen molar-refractivity contribution in [2.75, 3.05) is 0 Å². The Morgan fingerprint density at radius 1 is 0.853 bits per heavy atom. The number of aryl methyl sites for hydroxylation is 1. The molecule has 0 heterocycles. The second-order valence-corrected chi connectivity index (χ2v) is 9.81. The summed E-state index contributed by atoms with van der Waals surface area (Å²) < 4.78 is 89.9. The molecular formula is C18H16N2O11S3. The van der Waals surface area contributed by atoms with Crippen LogP contribution in [0, 0.1) is 6.92 Å². The number of aliphatic hydroxyl groups excluding tert-OH is 1. The predicted molar refractivity (Wildman–Crippen MR) is 116 cm³/mol. The average Bonchev–Trinajstić information content (AvgIpc) is 2.71. The molecule has 4 N–H and O–H groups in total. The molecule has 3 rings (SSSR count). The number of fused-ring (bicyclic) bond motifs is 1. The summed E-state index contributed by atoms with van der Waals surface area (Å²) in [5.74, 6) is -0.337. The molecule has 0 spiro atoms. The van der Waals surface area contributed by atoms with Crippen LogP contribution in [0.5, 0.6) is 5.75 Å². The number of rotatable bonds is 5. The molecule has 13 nitrogen and oxygen atoms in total. The molecule has 16 heteroatoms. The Hall–Kier alpha value is -3.28. The van der Waals surface area contributed by atoms with Crippen molar-refractivity contribution in [2.24, 2.45) is 10.2 Å². The number of phenols is 1. The third kappa shape index (κ3) is 6.62. The molecule has 0 radical (unpaired) electrons. The van der Waals surface area contributed by atoms with Gasteiger partial charge in [-0.25, -0.2) is 0 Å². The first-order chi connectivity index (χ1) is 15.6. The van der Waals surface area contributed by atoms with Gasteiger partial charge in [-0.3, -0.25) is 9.11 Å². The lowest BCUT2D eigenvalue weighted by molar-refractivity contribution is 0.281. The Labute approximate surface area is 194 Å². The SMILES string of the molecule is Cc1cc(S(=O)(=O)O)cc2ccc(N=Nc3ccc(CO)cc3S(=O)(=O)O)c(O)c12.O=S(=O)=O. The molecule has 0 saturated carbocycles. The van der Waals surface area contributed by atoms with Gasteiger partial charge < -0.3 is 10.2 Å². The van der Waals surface area contributed by atoms with Gasteiger partial charge in [0.1, 0.15) is 16.3 Å². The number of hydrogen-bond acceptors (Lipinski definition) is 11. The zero-order valence-electron chi connectivity index (χ0n) is 17.0. The van der Waals surface area contributed by atoms with E-state index in [2.05, 4.69) is 10.2 Å². The van der Waals surface area contributed by atoms with E-state index in [-0.39, 0.29) is 33.0 Å². The molecule has 34 heavy (non-hydrogen) atoms. The van der Waals surface area contributed by atoms with Crippen LogP contribution in [0.4, 0.5) is 11.4 Å². The van der Waals surface area contributed by atoms with E-state index in [9.17, 15) is 31.0 Å². The van der Waals surface area contributed by atoms with Crippen molar-refractivity contribution in [3.05, 3.63) is 53.6 Å². The van der Waals surface area contributed by atoms with Crippen LogP contribution in [-0.4, -0.2) is 48.8 Å². The van der Waals surface area contributed by atoms with Gasteiger partial charge in [-0.2, -0.15) is 16.8 Å². The van der Waals surface area contributed by atoms with Crippen molar-refractivity contribution in [3.8, 4) is 5.75 Å². The molecule has 0 saturated heterocycles. The minimum absolute atomic E-state index is 0.0438. The van der Waals surface area contributed by atoms with Crippen molar-refractivity contribution in [1.82, 2.24) is 0 Å². The van der Waals surface area contributed by atoms with Gasteiger partial charge in [0.05, 0.1) is 11.5 Å². The summed E-state index contributed by atoms with van der Waals surface area (Å²) >= 11 is 0. The van der Waals surface area contributed by atoms with Crippen molar-refractivity contribution in [3.63, 3.8) is 0 Å². The molecule has 0 unspecified atom stereocenters. The number of azo groups is 1. The largest absolute Gasteiger partial charge is 0.505 e. The first kappa shape index (κ1) is 27.0. The lowest BCUT2D eigenvalue weighted by Crippen LogP contribution is -1.99. The molecule has 0 fully saturated rings. The second kappa shape index (κ2) is 10.3. The Kier molecular flexibility index (Phi) is 8.19. The molecule has 0 aliphatic heterocycles. The highest BCUT2D eigenvalue weighted by molar-refractivity contribution is 7.86. The Bertz CT molecular complexity index is 1610. The highest BCUT2D eigenvalue weighted by atomic mass is 32.2. The standard InChI is InChI=1S/C18H16N2O8S2.O3S/c1-10-6-13(29(23,24)25)8-12-3-5-15(18(22)17(10)12)20-19-14-4-2-11(9-21)7-16(14)30(26,27)28;1-4(2)3/h2-8,21-22H,9H2,1H3,(H,23,24,25)(H,26,27,28);. The van der Waals surface area contributed by atoms with Gasteiger partial charge in [0.25, 0.3) is 20.2 Å². The van der Waals surface area contributed by atoms with Crippen LogP contribution in [0.25, 0.3) is 10.8 Å². The van der Waals surface area contributed by atoms with Crippen molar-refractivity contribution >= 4 is 53.0 Å². The monoisotopic (exact) mass is 532 g/mol. The van der Waals surface area contributed by atoms with Crippen LogP contribution in [0.15, 0.2) is 62.5 Å². The maximum atomic E-state index is 11.6. The number of benzene rings is 3. The van der Waals surface area contributed by atoms with Crippen LogP contribution in [0.3, 0.4) is 0 Å². The highest BCUT2D eigenvalue weighted by Gasteiger charge is 2.18. The van der Waals surface area contributed by atoms with Gasteiger partial charge in [0, 0.05) is 5.39 Å². The van der Waals surface area contributed by atoms with E-state index in [0.29, 0.717) is 10.9 Å². The van der Waals surface area contributed by atoms with E-state index in [1.54, 1.807) is 0 Å². The van der Waals surface area contributed by atoms with Gasteiger partial charge in [0.2, 0.25) is 0 Å². The van der Waals surface area contributed by atoms with E-state index < -0.39 is 42.3 Å². The van der Waals surface area contributed by atoms with E-state index in [1.807, 2.05) is 0 Å². The fraction of sp³-hybridized carbons (Fsp3) is 0.111. The van der Waals surface area contributed by atoms with Gasteiger partial charge >= 0.3 is 10.6 Å². The molecule has 0 atom stereocenters. The Morgan fingerprint density at radius 3 is 1.94 bits per heavy atom. The van der Waals surface area contributed by atoms with Crippen LogP contribution >= 0.6 is 0 Å². The quantitative estimate of drug-likeness (QED) is 0.275. The number of nitrogens with zero attached hydrogens (tertiary/aromatic N) is 2. The van der Waals surface area contributed by atoms with Gasteiger partial charge in [-0.1, -0.05) is 12.1 Å². The molecule has 0 aliphatic carbocycles. The molecule has 0 aliphatic rings. The van der Waals surface area contributed by atoms with E-state index in [0.717, 1.165) is 6.07 Å². The second-order valence-electron chi connectivity index (χ2n) is 6.59. The smallest absolute Gasteiger partial charge is 0.425 e. The molecule has 0 aromatic heterocycles. The van der Waals surface area contributed by atoms with Crippen molar-refractivity contribution < 1.29 is 48.8 Å². The summed E-state index contributed by atoms with van der Waals surface area (Å²) in [6.45, 7) is 1.08. The molecule has 3 aromatic rings. The summed E-state index contributed by atoms with van der Waals surface area (Å²) in [6.07, 6.45) is 0. The first-order valence-corrected chi connectivity index (χ1v) is 12.7.